The lowest BCUT2D eigenvalue weighted by molar-refractivity contribution is -0.137. The van der Waals surface area contributed by atoms with Crippen LogP contribution in [0.5, 0.6) is 0 Å². The lowest BCUT2D eigenvalue weighted by atomic mass is 10.1. The van der Waals surface area contributed by atoms with Gasteiger partial charge in [-0.3, -0.25) is 5.43 Å². The molecule has 0 fully saturated rings. The summed E-state index contributed by atoms with van der Waals surface area (Å²) in [4.78, 5) is 4.31. The number of aromatic nitrogens is 1. The summed E-state index contributed by atoms with van der Waals surface area (Å²) in [5.41, 5.74) is 3.06. The van der Waals surface area contributed by atoms with Crippen LogP contribution in [-0.2, 0) is 6.18 Å². The first-order chi connectivity index (χ1) is 11.3. The first-order valence-electron chi connectivity index (χ1n) is 6.55. The molecule has 1 aromatic heterocycles. The summed E-state index contributed by atoms with van der Waals surface area (Å²) in [6.45, 7) is 0. The van der Waals surface area contributed by atoms with Crippen molar-refractivity contribution in [1.29, 1.82) is 0 Å². The number of thiazole rings is 1. The highest BCUT2D eigenvalue weighted by atomic mass is 35.5. The molecule has 0 aliphatic rings. The number of benzene rings is 2. The monoisotopic (exact) mass is 389 g/mol. The average Bonchev–Trinajstić information content (AvgIpc) is 2.89. The smallest absolute Gasteiger partial charge is 0.253 e. The number of hydrogen-bond acceptors (Lipinski definition) is 4. The van der Waals surface area contributed by atoms with Gasteiger partial charge >= 0.3 is 6.18 Å². The third kappa shape index (κ3) is 3.80. The molecular formula is C15H8Cl2F3N3S. The van der Waals surface area contributed by atoms with Crippen molar-refractivity contribution in [3.63, 3.8) is 0 Å². The molecule has 3 rings (SSSR count). The van der Waals surface area contributed by atoms with Crippen LogP contribution in [0.15, 0.2) is 41.5 Å². The van der Waals surface area contributed by atoms with Gasteiger partial charge in [-0.15, -0.1) is 0 Å². The fourth-order valence-corrected chi connectivity index (χ4v) is 3.23. The second kappa shape index (κ2) is 6.58. The van der Waals surface area contributed by atoms with Crippen LogP contribution in [0, 0.1) is 0 Å². The minimum Gasteiger partial charge on any atom is -0.253 e. The maximum Gasteiger partial charge on any atom is 0.416 e. The summed E-state index contributed by atoms with van der Waals surface area (Å²) in [6.07, 6.45) is -3.10. The van der Waals surface area contributed by atoms with Gasteiger partial charge in [-0.25, -0.2) is 4.98 Å². The molecule has 0 saturated carbocycles. The predicted molar refractivity (Wildman–Crippen MR) is 92.3 cm³/mol. The summed E-state index contributed by atoms with van der Waals surface area (Å²) in [7, 11) is 0. The summed E-state index contributed by atoms with van der Waals surface area (Å²) in [5, 5.41) is 5.06. The Balaban J connectivity index is 1.75. The van der Waals surface area contributed by atoms with Gasteiger partial charge in [0, 0.05) is 10.6 Å². The highest BCUT2D eigenvalue weighted by Crippen LogP contribution is 2.32. The molecule has 0 radical (unpaired) electrons. The Labute approximate surface area is 148 Å². The maximum absolute atomic E-state index is 12.6. The number of alkyl halides is 3. The molecule has 3 nitrogen and oxygen atoms in total. The second-order valence-electron chi connectivity index (χ2n) is 4.74. The minimum absolute atomic E-state index is 0.0357. The van der Waals surface area contributed by atoms with Crippen molar-refractivity contribution in [3.05, 3.63) is 57.6 Å². The van der Waals surface area contributed by atoms with Crippen LogP contribution in [0.1, 0.15) is 11.1 Å². The second-order valence-corrected chi connectivity index (χ2v) is 6.61. The van der Waals surface area contributed by atoms with Crippen molar-refractivity contribution in [2.45, 2.75) is 6.18 Å². The molecule has 1 N–H and O–H groups in total. The first-order valence-corrected chi connectivity index (χ1v) is 8.12. The molecule has 0 bridgehead atoms. The van der Waals surface area contributed by atoms with Crippen LogP contribution >= 0.6 is 34.5 Å². The van der Waals surface area contributed by atoms with E-state index in [1.54, 1.807) is 18.2 Å². The summed E-state index contributed by atoms with van der Waals surface area (Å²) in [6, 6.07) is 8.38. The third-order valence-electron chi connectivity index (χ3n) is 3.04. The number of fused-ring (bicyclic) bond motifs is 1. The van der Waals surface area contributed by atoms with E-state index in [2.05, 4.69) is 15.5 Å². The summed E-state index contributed by atoms with van der Waals surface area (Å²) in [5.74, 6) is 0. The lowest BCUT2D eigenvalue weighted by Gasteiger charge is -2.07. The van der Waals surface area contributed by atoms with E-state index in [1.807, 2.05) is 0 Å². The Morgan fingerprint density at radius 1 is 1.12 bits per heavy atom. The van der Waals surface area contributed by atoms with Gasteiger partial charge in [0.15, 0.2) is 0 Å². The van der Waals surface area contributed by atoms with Crippen molar-refractivity contribution in [2.24, 2.45) is 5.10 Å². The first kappa shape index (κ1) is 17.0. The normalized spacial score (nSPS) is 12.2. The number of hydrazone groups is 1. The molecule has 0 atom stereocenters. The highest BCUT2D eigenvalue weighted by Gasteiger charge is 2.30. The topological polar surface area (TPSA) is 37.3 Å². The van der Waals surface area contributed by atoms with Crippen molar-refractivity contribution >= 4 is 56.1 Å². The fraction of sp³-hybridized carbons (Fsp3) is 0.0667. The molecule has 124 valence electrons. The zero-order valence-electron chi connectivity index (χ0n) is 11.7. The van der Waals surface area contributed by atoms with E-state index >= 15 is 0 Å². The van der Waals surface area contributed by atoms with Crippen molar-refractivity contribution in [2.75, 3.05) is 5.43 Å². The number of halogens is 5. The molecule has 9 heteroatoms. The van der Waals surface area contributed by atoms with E-state index in [-0.39, 0.29) is 5.02 Å². The van der Waals surface area contributed by atoms with Gasteiger partial charge in [0.05, 0.1) is 27.0 Å². The molecule has 0 amide bonds. The SMILES string of the molecule is FC(F)(F)c1ccc(/C=N/Nc2nc3ccc(Cl)cc3s2)c(Cl)c1. The van der Waals surface area contributed by atoms with Crippen LogP contribution < -0.4 is 5.43 Å². The number of nitrogens with one attached hydrogen (secondary N) is 1. The molecule has 0 spiro atoms. The fourth-order valence-electron chi connectivity index (χ4n) is 1.91. The third-order valence-corrected chi connectivity index (χ3v) is 4.53. The van der Waals surface area contributed by atoms with Gasteiger partial charge in [-0.05, 0) is 30.3 Å². The molecule has 24 heavy (non-hydrogen) atoms. The van der Waals surface area contributed by atoms with Gasteiger partial charge < -0.3 is 0 Å². The average molecular weight is 390 g/mol. The van der Waals surface area contributed by atoms with E-state index in [9.17, 15) is 13.2 Å². The van der Waals surface area contributed by atoms with Crippen molar-refractivity contribution in [3.8, 4) is 0 Å². The van der Waals surface area contributed by atoms with E-state index in [1.165, 1.54) is 23.6 Å². The van der Waals surface area contributed by atoms with Gasteiger partial charge in [0.2, 0.25) is 5.13 Å². The lowest BCUT2D eigenvalue weighted by Crippen LogP contribution is -2.05. The van der Waals surface area contributed by atoms with Gasteiger partial charge in [0.1, 0.15) is 0 Å². The molecule has 0 unspecified atom stereocenters. The minimum atomic E-state index is -4.43. The van der Waals surface area contributed by atoms with Crippen LogP contribution in [0.25, 0.3) is 10.2 Å². The Morgan fingerprint density at radius 3 is 2.62 bits per heavy atom. The summed E-state index contributed by atoms with van der Waals surface area (Å²) >= 11 is 13.1. The van der Waals surface area contributed by atoms with Crippen LogP contribution in [0.2, 0.25) is 10.0 Å². The molecule has 3 aromatic rings. The van der Waals surface area contributed by atoms with Crippen LogP contribution in [0.4, 0.5) is 18.3 Å². The maximum atomic E-state index is 12.6. The largest absolute Gasteiger partial charge is 0.416 e. The standard InChI is InChI=1S/C15H8Cl2F3N3S/c16-10-3-4-12-13(6-10)24-14(22-12)23-21-7-8-1-2-9(5-11(8)17)15(18,19)20/h1-7H,(H,22,23)/b21-7+. The number of rotatable bonds is 3. The van der Waals surface area contributed by atoms with Crippen molar-refractivity contribution in [1.82, 2.24) is 4.98 Å². The number of anilines is 1. The molecular weight excluding hydrogens is 382 g/mol. The van der Waals surface area contributed by atoms with Crippen LogP contribution in [-0.4, -0.2) is 11.2 Å². The van der Waals surface area contributed by atoms with E-state index in [4.69, 9.17) is 23.2 Å². The van der Waals surface area contributed by atoms with Gasteiger partial charge in [-0.2, -0.15) is 18.3 Å². The Kier molecular flexibility index (Phi) is 4.67. The van der Waals surface area contributed by atoms with Crippen LogP contribution in [0.3, 0.4) is 0 Å². The van der Waals surface area contributed by atoms with E-state index in [0.717, 1.165) is 22.3 Å². The molecule has 0 aliphatic heterocycles. The Morgan fingerprint density at radius 2 is 1.92 bits per heavy atom. The quantitative estimate of drug-likeness (QED) is 0.436. The van der Waals surface area contributed by atoms with Crippen molar-refractivity contribution < 1.29 is 13.2 Å². The molecule has 0 aliphatic carbocycles. The van der Waals surface area contributed by atoms with E-state index < -0.39 is 11.7 Å². The van der Waals surface area contributed by atoms with Gasteiger partial charge in [-0.1, -0.05) is 40.6 Å². The predicted octanol–water partition coefficient (Wildman–Crippen LogP) is 6.07. The molecule has 0 saturated heterocycles. The number of hydrogen-bond donors (Lipinski definition) is 1. The zero-order chi connectivity index (χ0) is 17.3. The Hall–Kier alpha value is -1.83. The Bertz CT molecular complexity index is 922. The zero-order valence-corrected chi connectivity index (χ0v) is 14.1. The number of nitrogens with zero attached hydrogens (tertiary/aromatic N) is 2. The van der Waals surface area contributed by atoms with E-state index in [0.29, 0.717) is 15.7 Å². The highest BCUT2D eigenvalue weighted by molar-refractivity contribution is 7.22. The molecule has 1 heterocycles. The summed E-state index contributed by atoms with van der Waals surface area (Å²) < 4.78 is 38.6. The molecule has 2 aromatic carbocycles. The van der Waals surface area contributed by atoms with Gasteiger partial charge in [0.25, 0.3) is 0 Å².